The van der Waals surface area contributed by atoms with Gasteiger partial charge in [0.2, 0.25) is 6.79 Å². The van der Waals surface area contributed by atoms with Crippen LogP contribution in [0.4, 0.5) is 0 Å². The molecule has 1 unspecified atom stereocenters. The summed E-state index contributed by atoms with van der Waals surface area (Å²) in [6.45, 7) is 3.97. The summed E-state index contributed by atoms with van der Waals surface area (Å²) >= 11 is 0. The molecule has 7 heteroatoms. The van der Waals surface area contributed by atoms with E-state index < -0.39 is 12.1 Å². The number of ether oxygens (including phenoxy) is 5. The summed E-state index contributed by atoms with van der Waals surface area (Å²) in [6, 6.07) is 10.5. The first-order valence-electron chi connectivity index (χ1n) is 8.86. The fourth-order valence-electron chi connectivity index (χ4n) is 3.32. The lowest BCUT2D eigenvalue weighted by molar-refractivity contribution is -0.133. The van der Waals surface area contributed by atoms with Crippen LogP contribution in [0.3, 0.4) is 0 Å². The number of fused-ring (bicyclic) bond motifs is 2. The number of rotatable bonds is 5. The molecule has 1 N–H and O–H groups in total. The van der Waals surface area contributed by atoms with Crippen LogP contribution in [0.15, 0.2) is 42.0 Å². The van der Waals surface area contributed by atoms with Crippen molar-refractivity contribution in [2.45, 2.75) is 26.1 Å². The van der Waals surface area contributed by atoms with Gasteiger partial charge < -0.3 is 28.8 Å². The number of aliphatic carboxylic acids is 1. The number of methoxy groups -OCH3 is 1. The summed E-state index contributed by atoms with van der Waals surface area (Å²) in [5, 5.41) is 9.90. The summed E-state index contributed by atoms with van der Waals surface area (Å²) in [7, 11) is 1.44. The average Bonchev–Trinajstić information content (AvgIpc) is 3.13. The maximum Gasteiger partial charge on any atom is 0.339 e. The lowest BCUT2D eigenvalue weighted by Gasteiger charge is -2.29. The van der Waals surface area contributed by atoms with Crippen molar-refractivity contribution in [2.24, 2.45) is 0 Å². The first-order valence-corrected chi connectivity index (χ1v) is 8.86. The molecule has 0 aliphatic carbocycles. The lowest BCUT2D eigenvalue weighted by atomic mass is 9.94. The molecule has 28 heavy (non-hydrogen) atoms. The zero-order valence-corrected chi connectivity index (χ0v) is 15.7. The lowest BCUT2D eigenvalue weighted by Crippen LogP contribution is -2.23. The molecule has 0 fully saturated rings. The molecule has 2 aliphatic heterocycles. The number of benzene rings is 2. The van der Waals surface area contributed by atoms with E-state index in [1.54, 1.807) is 36.4 Å². The van der Waals surface area contributed by atoms with Crippen LogP contribution in [-0.4, -0.2) is 31.1 Å². The highest BCUT2D eigenvalue weighted by Crippen LogP contribution is 2.45. The molecule has 2 heterocycles. The highest BCUT2D eigenvalue weighted by molar-refractivity contribution is 5.98. The van der Waals surface area contributed by atoms with Crippen LogP contribution in [0.1, 0.15) is 31.1 Å². The Balaban J connectivity index is 1.82. The Bertz CT molecular complexity index is 961. The van der Waals surface area contributed by atoms with Crippen LogP contribution >= 0.6 is 0 Å². The minimum absolute atomic E-state index is 0.00978. The minimum Gasteiger partial charge on any atom is -0.495 e. The van der Waals surface area contributed by atoms with E-state index in [4.69, 9.17) is 23.7 Å². The molecule has 0 amide bonds. The molecule has 0 saturated carbocycles. The summed E-state index contributed by atoms with van der Waals surface area (Å²) in [6.07, 6.45) is -0.871. The third-order valence-electron chi connectivity index (χ3n) is 4.45. The number of carboxylic acids is 1. The molecule has 146 valence electrons. The second-order valence-corrected chi connectivity index (χ2v) is 6.69. The number of hydrogen-bond acceptors (Lipinski definition) is 6. The fraction of sp³-hybridized carbons (Fsp3) is 0.286. The quantitative estimate of drug-likeness (QED) is 0.840. The molecule has 0 radical (unpaired) electrons. The van der Waals surface area contributed by atoms with Gasteiger partial charge in [0.15, 0.2) is 17.6 Å². The molecule has 2 aliphatic rings. The van der Waals surface area contributed by atoms with Gasteiger partial charge in [-0.3, -0.25) is 0 Å². The fourth-order valence-corrected chi connectivity index (χ4v) is 3.32. The van der Waals surface area contributed by atoms with E-state index in [0.717, 1.165) is 0 Å². The van der Waals surface area contributed by atoms with E-state index in [-0.39, 0.29) is 24.2 Å². The van der Waals surface area contributed by atoms with E-state index in [0.29, 0.717) is 34.1 Å². The molecule has 4 rings (SSSR count). The van der Waals surface area contributed by atoms with Crippen molar-refractivity contribution in [2.75, 3.05) is 13.9 Å². The molecular weight excluding hydrogens is 364 g/mol. The molecule has 1 atom stereocenters. The minimum atomic E-state index is -1.12. The maximum atomic E-state index is 12.1. The van der Waals surface area contributed by atoms with Crippen molar-refractivity contribution in [3.8, 4) is 23.0 Å². The summed E-state index contributed by atoms with van der Waals surface area (Å²) in [4.78, 5) is 12.1. The van der Waals surface area contributed by atoms with Crippen molar-refractivity contribution in [1.29, 1.82) is 0 Å². The summed E-state index contributed by atoms with van der Waals surface area (Å²) in [5.41, 5.74) is 1.18. The zero-order chi connectivity index (χ0) is 19.8. The van der Waals surface area contributed by atoms with Crippen LogP contribution < -0.4 is 18.9 Å². The first kappa shape index (κ1) is 18.0. The second-order valence-electron chi connectivity index (χ2n) is 6.69. The standard InChI is InChI=1S/C21H20O7/c1-11(2)27-13-5-7-15-14(9-13)20(24-3)18(21(22)23)19(28-15)12-4-6-16-17(8-12)26-10-25-16/h4-9,11,19H,10H2,1-3H3,(H,22,23). The summed E-state index contributed by atoms with van der Waals surface area (Å²) < 4.78 is 28.0. The smallest absolute Gasteiger partial charge is 0.339 e. The van der Waals surface area contributed by atoms with Gasteiger partial charge in [0, 0.05) is 5.56 Å². The van der Waals surface area contributed by atoms with Gasteiger partial charge in [0.1, 0.15) is 22.8 Å². The number of carbonyl (C=O) groups is 1. The van der Waals surface area contributed by atoms with Crippen LogP contribution in [0.25, 0.3) is 5.76 Å². The van der Waals surface area contributed by atoms with Gasteiger partial charge >= 0.3 is 5.97 Å². The Labute approximate surface area is 162 Å². The topological polar surface area (TPSA) is 83.5 Å². The Morgan fingerprint density at radius 2 is 1.86 bits per heavy atom. The van der Waals surface area contributed by atoms with E-state index >= 15 is 0 Å². The third kappa shape index (κ3) is 3.09. The highest BCUT2D eigenvalue weighted by Gasteiger charge is 2.36. The zero-order valence-electron chi connectivity index (χ0n) is 15.7. The molecule has 0 saturated heterocycles. The average molecular weight is 384 g/mol. The summed E-state index contributed by atoms with van der Waals surface area (Å²) in [5.74, 6) is 1.41. The molecule has 2 aromatic carbocycles. The monoisotopic (exact) mass is 384 g/mol. The Kier molecular flexibility index (Phi) is 4.50. The van der Waals surface area contributed by atoms with Crippen LogP contribution in [0.5, 0.6) is 23.0 Å². The van der Waals surface area contributed by atoms with E-state index in [9.17, 15) is 9.90 Å². The molecule has 0 bridgehead atoms. The van der Waals surface area contributed by atoms with Gasteiger partial charge in [0.25, 0.3) is 0 Å². The van der Waals surface area contributed by atoms with Crippen molar-refractivity contribution < 1.29 is 33.6 Å². The van der Waals surface area contributed by atoms with E-state index in [1.165, 1.54) is 7.11 Å². The SMILES string of the molecule is COC1=C(C(=O)O)C(c2ccc3c(c2)OCO3)Oc2ccc(OC(C)C)cc21. The van der Waals surface area contributed by atoms with Crippen LogP contribution in [0, 0.1) is 0 Å². The van der Waals surface area contributed by atoms with Crippen molar-refractivity contribution in [3.05, 3.63) is 53.1 Å². The Morgan fingerprint density at radius 1 is 1.11 bits per heavy atom. The molecule has 0 aromatic heterocycles. The van der Waals surface area contributed by atoms with Gasteiger partial charge in [-0.1, -0.05) is 6.07 Å². The second kappa shape index (κ2) is 6.99. The van der Waals surface area contributed by atoms with Crippen molar-refractivity contribution in [1.82, 2.24) is 0 Å². The van der Waals surface area contributed by atoms with Crippen LogP contribution in [0.2, 0.25) is 0 Å². The van der Waals surface area contributed by atoms with Gasteiger partial charge in [-0.15, -0.1) is 0 Å². The van der Waals surface area contributed by atoms with Gasteiger partial charge in [-0.2, -0.15) is 0 Å². The number of carboxylic acid groups (broad SMARTS) is 1. The van der Waals surface area contributed by atoms with Crippen molar-refractivity contribution in [3.63, 3.8) is 0 Å². The Hall–Kier alpha value is -3.35. The predicted octanol–water partition coefficient (Wildman–Crippen LogP) is 3.78. The van der Waals surface area contributed by atoms with Crippen LogP contribution in [-0.2, 0) is 9.53 Å². The van der Waals surface area contributed by atoms with Gasteiger partial charge in [0.05, 0.1) is 18.8 Å². The van der Waals surface area contributed by atoms with Gasteiger partial charge in [-0.05, 0) is 44.2 Å². The van der Waals surface area contributed by atoms with Crippen molar-refractivity contribution >= 4 is 11.7 Å². The molecule has 2 aromatic rings. The predicted molar refractivity (Wildman–Crippen MR) is 99.7 cm³/mol. The maximum absolute atomic E-state index is 12.1. The largest absolute Gasteiger partial charge is 0.495 e. The van der Waals surface area contributed by atoms with Gasteiger partial charge in [-0.25, -0.2) is 4.79 Å². The molecule has 7 nitrogen and oxygen atoms in total. The van der Waals surface area contributed by atoms with E-state index in [1.807, 2.05) is 13.8 Å². The molecular formula is C21H20O7. The first-order chi connectivity index (χ1) is 13.5. The Morgan fingerprint density at radius 3 is 2.57 bits per heavy atom. The third-order valence-corrected chi connectivity index (χ3v) is 4.45. The molecule has 0 spiro atoms. The normalized spacial score (nSPS) is 17.2. The van der Waals surface area contributed by atoms with E-state index in [2.05, 4.69) is 0 Å². The highest BCUT2D eigenvalue weighted by atomic mass is 16.7. The number of hydrogen-bond donors (Lipinski definition) is 1.